The summed E-state index contributed by atoms with van der Waals surface area (Å²) < 4.78 is 26.7. The number of aliphatic hydroxyl groups is 1. The number of ether oxygens (including phenoxy) is 2. The largest absolute Gasteiger partial charge is 0.462 e. The molecule has 0 amide bonds. The third-order valence-corrected chi connectivity index (χ3v) is 5.85. The van der Waals surface area contributed by atoms with Crippen molar-refractivity contribution in [2.45, 2.75) is 37.8 Å². The minimum Gasteiger partial charge on any atom is -0.462 e. The van der Waals surface area contributed by atoms with Crippen LogP contribution in [0.1, 0.15) is 37.0 Å². The molecule has 2 aliphatic heterocycles. The topological polar surface area (TPSA) is 103 Å². The summed E-state index contributed by atoms with van der Waals surface area (Å²) in [6.07, 6.45) is 5.78. The van der Waals surface area contributed by atoms with E-state index in [0.29, 0.717) is 41.0 Å². The smallest absolute Gasteiger partial charge is 0.283 e. The molecule has 0 aliphatic carbocycles. The third kappa shape index (κ3) is 3.46. The second-order valence-corrected chi connectivity index (χ2v) is 8.80. The highest BCUT2D eigenvalue weighted by molar-refractivity contribution is 5.78. The van der Waals surface area contributed by atoms with Crippen molar-refractivity contribution < 1.29 is 19.0 Å². The zero-order valence-corrected chi connectivity index (χ0v) is 17.8. The van der Waals surface area contributed by atoms with Crippen LogP contribution in [-0.2, 0) is 16.7 Å². The lowest BCUT2D eigenvalue weighted by Crippen LogP contribution is -2.31. The molecule has 0 fully saturated rings. The summed E-state index contributed by atoms with van der Waals surface area (Å²) in [6, 6.07) is 8.93. The van der Waals surface area contributed by atoms with E-state index < -0.39 is 17.0 Å². The van der Waals surface area contributed by atoms with E-state index >= 15 is 4.39 Å². The molecule has 8 heteroatoms. The van der Waals surface area contributed by atoms with Gasteiger partial charge in [-0.2, -0.15) is 0 Å². The van der Waals surface area contributed by atoms with Gasteiger partial charge in [-0.05, 0) is 50.5 Å². The lowest BCUT2D eigenvalue weighted by molar-refractivity contribution is 0.0714. The van der Waals surface area contributed by atoms with Crippen LogP contribution in [-0.4, -0.2) is 33.3 Å². The van der Waals surface area contributed by atoms with E-state index in [4.69, 9.17) is 15.2 Å². The van der Waals surface area contributed by atoms with E-state index in [1.807, 2.05) is 18.2 Å². The number of aliphatic imine (C=N–C) groups is 1. The van der Waals surface area contributed by atoms with E-state index in [2.05, 4.69) is 15.0 Å². The maximum absolute atomic E-state index is 15.0. The first-order valence-corrected chi connectivity index (χ1v) is 10.4. The molecule has 3 N–H and O–H groups in total. The highest BCUT2D eigenvalue weighted by Gasteiger charge is 2.47. The fourth-order valence-electron chi connectivity index (χ4n) is 4.19. The molecule has 0 saturated heterocycles. The number of rotatable bonds is 4. The molecule has 164 valence electrons. The summed E-state index contributed by atoms with van der Waals surface area (Å²) in [4.78, 5) is 12.7. The van der Waals surface area contributed by atoms with Crippen molar-refractivity contribution >= 4 is 6.02 Å². The van der Waals surface area contributed by atoms with E-state index in [1.54, 1.807) is 32.3 Å². The van der Waals surface area contributed by atoms with Crippen molar-refractivity contribution in [3.05, 3.63) is 71.6 Å². The number of hydrogen-bond donors (Lipinski definition) is 2. The van der Waals surface area contributed by atoms with E-state index in [0.717, 1.165) is 11.1 Å². The summed E-state index contributed by atoms with van der Waals surface area (Å²) in [5.41, 5.74) is 7.57. The normalized spacial score (nSPS) is 19.1. The summed E-state index contributed by atoms with van der Waals surface area (Å²) >= 11 is 0. The second-order valence-electron chi connectivity index (χ2n) is 8.80. The summed E-state index contributed by atoms with van der Waals surface area (Å²) in [5.74, 6) is 0.485. The highest BCUT2D eigenvalue weighted by Crippen LogP contribution is 2.52. The minimum atomic E-state index is -0.962. The van der Waals surface area contributed by atoms with Crippen LogP contribution in [0.5, 0.6) is 11.5 Å². The first kappa shape index (κ1) is 20.4. The average molecular weight is 434 g/mol. The molecule has 0 unspecified atom stereocenters. The second kappa shape index (κ2) is 7.27. The summed E-state index contributed by atoms with van der Waals surface area (Å²) in [5, 5.41) is 10.1. The maximum Gasteiger partial charge on any atom is 0.283 e. The SMILES string of the molecule is CC(C)(O)CCc1ccc2c(c1)[C@]1(COC(N)=N1)c1cc(-c3cncnc3)c(F)cc1O2. The summed E-state index contributed by atoms with van der Waals surface area (Å²) in [7, 11) is 0. The molecule has 5 rings (SSSR count). The van der Waals surface area contributed by atoms with Crippen molar-refractivity contribution in [1.29, 1.82) is 0 Å². The van der Waals surface area contributed by atoms with Crippen LogP contribution in [0.25, 0.3) is 11.1 Å². The fourth-order valence-corrected chi connectivity index (χ4v) is 4.19. The molecule has 3 heterocycles. The highest BCUT2D eigenvalue weighted by atomic mass is 19.1. The fraction of sp³-hybridized carbons (Fsp3) is 0.292. The van der Waals surface area contributed by atoms with Crippen LogP contribution in [0.3, 0.4) is 0 Å². The molecule has 2 aromatic carbocycles. The number of aryl methyl sites for hydroxylation is 1. The predicted octanol–water partition coefficient (Wildman–Crippen LogP) is 3.68. The molecule has 0 saturated carbocycles. The Morgan fingerprint density at radius 3 is 2.56 bits per heavy atom. The number of fused-ring (bicyclic) bond motifs is 4. The molecule has 1 spiro atoms. The van der Waals surface area contributed by atoms with Gasteiger partial charge in [-0.1, -0.05) is 6.07 Å². The molecule has 1 aromatic heterocycles. The van der Waals surface area contributed by atoms with Crippen LogP contribution < -0.4 is 10.5 Å². The Kier molecular flexibility index (Phi) is 4.63. The van der Waals surface area contributed by atoms with Gasteiger partial charge in [0.25, 0.3) is 6.02 Å². The third-order valence-electron chi connectivity index (χ3n) is 5.85. The average Bonchev–Trinajstić information content (AvgIpc) is 3.14. The van der Waals surface area contributed by atoms with Crippen LogP contribution in [0.2, 0.25) is 0 Å². The van der Waals surface area contributed by atoms with Crippen LogP contribution in [0.4, 0.5) is 4.39 Å². The van der Waals surface area contributed by atoms with Crippen molar-refractivity contribution in [2.24, 2.45) is 10.7 Å². The number of hydrogen-bond acceptors (Lipinski definition) is 7. The minimum absolute atomic E-state index is 0.0691. The van der Waals surface area contributed by atoms with E-state index in [1.165, 1.54) is 12.4 Å². The van der Waals surface area contributed by atoms with Crippen LogP contribution in [0, 0.1) is 5.82 Å². The van der Waals surface area contributed by atoms with Gasteiger partial charge in [0, 0.05) is 40.7 Å². The van der Waals surface area contributed by atoms with Crippen molar-refractivity contribution in [3.63, 3.8) is 0 Å². The van der Waals surface area contributed by atoms with E-state index in [-0.39, 0.29) is 12.6 Å². The lowest BCUT2D eigenvalue weighted by atomic mass is 9.79. The molecule has 0 radical (unpaired) electrons. The van der Waals surface area contributed by atoms with Crippen LogP contribution >= 0.6 is 0 Å². The van der Waals surface area contributed by atoms with Crippen molar-refractivity contribution in [3.8, 4) is 22.6 Å². The number of halogens is 1. The zero-order chi connectivity index (χ0) is 22.5. The predicted molar refractivity (Wildman–Crippen MR) is 117 cm³/mol. The Labute approximate surface area is 184 Å². The first-order chi connectivity index (χ1) is 15.2. The number of aromatic nitrogens is 2. The summed E-state index contributed by atoms with van der Waals surface area (Å²) in [6.45, 7) is 3.74. The molecule has 2 aliphatic rings. The molecule has 3 aromatic rings. The van der Waals surface area contributed by atoms with Crippen molar-refractivity contribution in [2.75, 3.05) is 6.61 Å². The Balaban J connectivity index is 1.66. The van der Waals surface area contributed by atoms with Gasteiger partial charge in [-0.15, -0.1) is 0 Å². The van der Waals surface area contributed by atoms with Crippen LogP contribution in [0.15, 0.2) is 54.0 Å². The molecular formula is C24H23FN4O3. The number of amidine groups is 1. The van der Waals surface area contributed by atoms with Crippen molar-refractivity contribution in [1.82, 2.24) is 9.97 Å². The molecular weight excluding hydrogens is 411 g/mol. The van der Waals surface area contributed by atoms with Gasteiger partial charge in [0.2, 0.25) is 0 Å². The lowest BCUT2D eigenvalue weighted by Gasteiger charge is -2.34. The molecule has 7 nitrogen and oxygen atoms in total. The molecule has 32 heavy (non-hydrogen) atoms. The Morgan fingerprint density at radius 1 is 1.12 bits per heavy atom. The first-order valence-electron chi connectivity index (χ1n) is 10.4. The Morgan fingerprint density at radius 2 is 1.88 bits per heavy atom. The van der Waals surface area contributed by atoms with Gasteiger partial charge >= 0.3 is 0 Å². The quantitative estimate of drug-likeness (QED) is 0.649. The maximum atomic E-state index is 15.0. The Hall–Kier alpha value is -3.52. The molecule has 0 bridgehead atoms. The van der Waals surface area contributed by atoms with Gasteiger partial charge in [0.1, 0.15) is 30.3 Å². The molecule has 1 atom stereocenters. The van der Waals surface area contributed by atoms with E-state index in [9.17, 15) is 5.11 Å². The standard InChI is InChI=1S/C24H23FN4O3/c1-23(2,30)6-5-14-3-4-20-17(7-14)24(12-31-22(26)29-24)18-8-16(15-10-27-13-28-11-15)19(25)9-21(18)32-20/h3-4,7-11,13,30H,5-6,12H2,1-2H3,(H2,26,29)/t24-/m1/s1. The number of nitrogens with zero attached hydrogens (tertiary/aromatic N) is 3. The van der Waals surface area contributed by atoms with Gasteiger partial charge in [0.15, 0.2) is 5.54 Å². The monoisotopic (exact) mass is 434 g/mol. The van der Waals surface area contributed by atoms with Gasteiger partial charge < -0.3 is 20.3 Å². The Bertz CT molecular complexity index is 1220. The number of nitrogens with two attached hydrogens (primary N) is 1. The number of benzene rings is 2. The van der Waals surface area contributed by atoms with Gasteiger partial charge in [-0.25, -0.2) is 19.4 Å². The zero-order valence-electron chi connectivity index (χ0n) is 17.8. The van der Waals surface area contributed by atoms with Gasteiger partial charge in [0.05, 0.1) is 5.60 Å². The van der Waals surface area contributed by atoms with Gasteiger partial charge in [-0.3, -0.25) is 0 Å².